The zero-order valence-electron chi connectivity index (χ0n) is 28.4. The van der Waals surface area contributed by atoms with Crippen molar-refractivity contribution in [1.82, 2.24) is 0 Å². The van der Waals surface area contributed by atoms with Gasteiger partial charge in [0.1, 0.15) is 11.2 Å². The Morgan fingerprint density at radius 3 is 1.63 bits per heavy atom. The molecule has 0 spiro atoms. The van der Waals surface area contributed by atoms with E-state index in [1.54, 1.807) is 0 Å². The van der Waals surface area contributed by atoms with Gasteiger partial charge < -0.3 is 9.32 Å². The summed E-state index contributed by atoms with van der Waals surface area (Å²) in [6.45, 7) is 0. The van der Waals surface area contributed by atoms with E-state index in [9.17, 15) is 0 Å². The van der Waals surface area contributed by atoms with E-state index in [4.69, 9.17) is 4.42 Å². The molecule has 0 unspecified atom stereocenters. The van der Waals surface area contributed by atoms with E-state index in [1.807, 2.05) is 12.1 Å². The van der Waals surface area contributed by atoms with Crippen LogP contribution in [-0.2, 0) is 0 Å². The first-order valence-corrected chi connectivity index (χ1v) is 17.8. The largest absolute Gasteiger partial charge is 0.456 e. The zero-order valence-corrected chi connectivity index (χ0v) is 28.4. The van der Waals surface area contributed by atoms with Crippen LogP contribution in [0.2, 0.25) is 0 Å². The Hall–Kier alpha value is -6.90. The third-order valence-electron chi connectivity index (χ3n) is 10.3. The number of nitrogens with zero attached hydrogens (tertiary/aromatic N) is 1. The van der Waals surface area contributed by atoms with Gasteiger partial charge in [-0.2, -0.15) is 0 Å². The number of hydrogen-bond acceptors (Lipinski definition) is 2. The molecule has 0 aliphatic rings. The monoisotopic (exact) mass is 663 g/mol. The highest BCUT2D eigenvalue weighted by molar-refractivity contribution is 6.14. The number of para-hydroxylation sites is 2. The predicted molar refractivity (Wildman–Crippen MR) is 220 cm³/mol. The molecule has 52 heavy (non-hydrogen) atoms. The summed E-state index contributed by atoms with van der Waals surface area (Å²) in [5.41, 5.74) is 12.2. The first kappa shape index (κ1) is 30.0. The molecular formula is C50H33NO. The van der Waals surface area contributed by atoms with Gasteiger partial charge in [-0.1, -0.05) is 152 Å². The zero-order chi connectivity index (χ0) is 34.4. The number of fused-ring (bicyclic) bond motifs is 6. The normalized spacial score (nSPS) is 11.5. The average molecular weight is 664 g/mol. The van der Waals surface area contributed by atoms with Gasteiger partial charge in [0.15, 0.2) is 0 Å². The molecule has 0 amide bonds. The molecule has 0 atom stereocenters. The van der Waals surface area contributed by atoms with E-state index in [1.165, 1.54) is 43.8 Å². The van der Waals surface area contributed by atoms with Crippen LogP contribution in [-0.4, -0.2) is 0 Å². The quantitative estimate of drug-likeness (QED) is 0.165. The van der Waals surface area contributed by atoms with Gasteiger partial charge in [-0.05, 0) is 97.9 Å². The van der Waals surface area contributed by atoms with Crippen molar-refractivity contribution in [3.8, 4) is 33.4 Å². The van der Waals surface area contributed by atoms with Crippen LogP contribution in [0.4, 0.5) is 17.1 Å². The Morgan fingerprint density at radius 1 is 0.327 bits per heavy atom. The molecule has 0 fully saturated rings. The van der Waals surface area contributed by atoms with Gasteiger partial charge in [0.25, 0.3) is 0 Å². The van der Waals surface area contributed by atoms with Crippen LogP contribution in [0.15, 0.2) is 205 Å². The Bertz CT molecular complexity index is 2890. The highest BCUT2D eigenvalue weighted by Crippen LogP contribution is 2.43. The van der Waals surface area contributed by atoms with Gasteiger partial charge in [0.2, 0.25) is 0 Å². The fraction of sp³-hybridized carbons (Fsp3) is 0. The highest BCUT2D eigenvalue weighted by atomic mass is 16.3. The van der Waals surface area contributed by atoms with Crippen molar-refractivity contribution in [2.75, 3.05) is 4.90 Å². The van der Waals surface area contributed by atoms with E-state index in [-0.39, 0.29) is 0 Å². The second kappa shape index (κ2) is 12.5. The first-order chi connectivity index (χ1) is 25.8. The van der Waals surface area contributed by atoms with Gasteiger partial charge in [-0.3, -0.25) is 0 Å². The molecule has 10 rings (SSSR count). The molecule has 0 saturated heterocycles. The standard InChI is InChI=1S/C50H33NO/c1-2-13-34(14-3-1)41-17-8-10-22-47(41)51(38-29-25-35(26-30-38)42-21-12-24-49-50(42)45-20-9-11-23-48(45)52-49)39-31-27-36(28-32-39)46-33-37-15-4-5-16-40(37)43-18-6-7-19-44(43)46/h1-33H. The van der Waals surface area contributed by atoms with Crippen LogP contribution >= 0.6 is 0 Å². The maximum atomic E-state index is 6.23. The van der Waals surface area contributed by atoms with Gasteiger partial charge in [-0.15, -0.1) is 0 Å². The highest BCUT2D eigenvalue weighted by Gasteiger charge is 2.19. The van der Waals surface area contributed by atoms with Crippen molar-refractivity contribution < 1.29 is 4.42 Å². The number of hydrogen-bond donors (Lipinski definition) is 0. The minimum atomic E-state index is 0.903. The van der Waals surface area contributed by atoms with Crippen molar-refractivity contribution in [2.24, 2.45) is 0 Å². The molecule has 0 N–H and O–H groups in total. The summed E-state index contributed by atoms with van der Waals surface area (Å²) >= 11 is 0. The van der Waals surface area contributed by atoms with E-state index in [0.29, 0.717) is 0 Å². The maximum absolute atomic E-state index is 6.23. The minimum Gasteiger partial charge on any atom is -0.456 e. The van der Waals surface area contributed by atoms with Crippen LogP contribution in [0, 0.1) is 0 Å². The van der Waals surface area contributed by atoms with Gasteiger partial charge >= 0.3 is 0 Å². The fourth-order valence-electron chi connectivity index (χ4n) is 7.85. The molecular weight excluding hydrogens is 631 g/mol. The molecule has 1 heterocycles. The molecule has 244 valence electrons. The molecule has 0 bridgehead atoms. The third kappa shape index (κ3) is 5.04. The summed E-state index contributed by atoms with van der Waals surface area (Å²) in [4.78, 5) is 2.38. The molecule has 10 aromatic rings. The number of furan rings is 1. The first-order valence-electron chi connectivity index (χ1n) is 17.8. The summed E-state index contributed by atoms with van der Waals surface area (Å²) in [6.07, 6.45) is 0. The Balaban J connectivity index is 1.11. The Labute approximate surface area is 302 Å². The molecule has 0 radical (unpaired) electrons. The van der Waals surface area contributed by atoms with Gasteiger partial charge in [0.05, 0.1) is 5.69 Å². The molecule has 9 aromatic carbocycles. The smallest absolute Gasteiger partial charge is 0.136 e. The second-order valence-corrected chi connectivity index (χ2v) is 13.3. The minimum absolute atomic E-state index is 0.903. The van der Waals surface area contributed by atoms with E-state index in [2.05, 4.69) is 193 Å². The molecule has 2 nitrogen and oxygen atoms in total. The molecule has 0 aliphatic heterocycles. The molecule has 1 aromatic heterocycles. The number of anilines is 3. The summed E-state index contributed by atoms with van der Waals surface area (Å²) < 4.78 is 6.23. The van der Waals surface area contributed by atoms with E-state index < -0.39 is 0 Å². The summed E-state index contributed by atoms with van der Waals surface area (Å²) in [5, 5.41) is 7.35. The molecule has 0 saturated carbocycles. The van der Waals surface area contributed by atoms with Crippen molar-refractivity contribution in [1.29, 1.82) is 0 Å². The van der Waals surface area contributed by atoms with Crippen molar-refractivity contribution in [3.63, 3.8) is 0 Å². The lowest BCUT2D eigenvalue weighted by Crippen LogP contribution is -2.11. The van der Waals surface area contributed by atoms with Gasteiger partial charge in [-0.25, -0.2) is 0 Å². The van der Waals surface area contributed by atoms with E-state index in [0.717, 1.165) is 50.1 Å². The van der Waals surface area contributed by atoms with Crippen molar-refractivity contribution >= 4 is 60.5 Å². The average Bonchev–Trinajstić information content (AvgIpc) is 3.61. The second-order valence-electron chi connectivity index (χ2n) is 13.3. The summed E-state index contributed by atoms with van der Waals surface area (Å²) in [7, 11) is 0. The lowest BCUT2D eigenvalue weighted by molar-refractivity contribution is 0.669. The summed E-state index contributed by atoms with van der Waals surface area (Å²) in [5.74, 6) is 0. The predicted octanol–water partition coefficient (Wildman–Crippen LogP) is 14.4. The maximum Gasteiger partial charge on any atom is 0.136 e. The van der Waals surface area contributed by atoms with Crippen LogP contribution < -0.4 is 4.90 Å². The van der Waals surface area contributed by atoms with Gasteiger partial charge in [0, 0.05) is 27.7 Å². The van der Waals surface area contributed by atoms with Crippen LogP contribution in [0.1, 0.15) is 0 Å². The lowest BCUT2D eigenvalue weighted by Gasteiger charge is -2.28. The summed E-state index contributed by atoms with van der Waals surface area (Å²) in [6, 6.07) is 71.7. The SMILES string of the molecule is c1ccc(-c2ccccc2N(c2ccc(-c3cc4ccccc4c4ccccc34)cc2)c2ccc(-c3cccc4oc5ccccc5c34)cc2)cc1. The van der Waals surface area contributed by atoms with Crippen molar-refractivity contribution in [2.45, 2.75) is 0 Å². The number of rotatable bonds is 6. The Kier molecular flexibility index (Phi) is 7.18. The molecule has 0 aliphatic carbocycles. The van der Waals surface area contributed by atoms with Crippen LogP contribution in [0.3, 0.4) is 0 Å². The number of benzene rings is 9. The van der Waals surface area contributed by atoms with Crippen molar-refractivity contribution in [3.05, 3.63) is 200 Å². The van der Waals surface area contributed by atoms with Crippen LogP contribution in [0.5, 0.6) is 0 Å². The van der Waals surface area contributed by atoms with Crippen LogP contribution in [0.25, 0.3) is 76.9 Å². The topological polar surface area (TPSA) is 16.4 Å². The Morgan fingerprint density at radius 2 is 0.865 bits per heavy atom. The fourth-order valence-corrected chi connectivity index (χ4v) is 7.85. The van der Waals surface area contributed by atoms with E-state index >= 15 is 0 Å². The molecule has 2 heteroatoms. The lowest BCUT2D eigenvalue weighted by atomic mass is 9.93. The third-order valence-corrected chi connectivity index (χ3v) is 10.3.